The summed E-state index contributed by atoms with van der Waals surface area (Å²) in [5, 5.41) is 0. The number of nitrogens with zero attached hydrogens (tertiary/aromatic N) is 1. The summed E-state index contributed by atoms with van der Waals surface area (Å²) in [6, 6.07) is 12.8. The Kier molecular flexibility index (Phi) is 7.55. The van der Waals surface area contributed by atoms with Crippen LogP contribution in [0.5, 0.6) is 5.75 Å². The molecule has 4 rings (SSSR count). The smallest absolute Gasteiger partial charge is 0.346 e. The van der Waals surface area contributed by atoms with Crippen LogP contribution in [-0.4, -0.2) is 49.6 Å². The van der Waals surface area contributed by atoms with Crippen molar-refractivity contribution >= 4 is 69.7 Å². The number of hydrogen-bond acceptors (Lipinski definition) is 9. The van der Waals surface area contributed by atoms with Gasteiger partial charge >= 0.3 is 11.9 Å². The van der Waals surface area contributed by atoms with Gasteiger partial charge in [0.2, 0.25) is 0 Å². The van der Waals surface area contributed by atoms with Crippen LogP contribution in [0.4, 0.5) is 5.69 Å². The molecular formula is C27H25NO6S3. The molecule has 2 heterocycles. The first kappa shape index (κ1) is 27.0. The lowest BCUT2D eigenvalue weighted by molar-refractivity contribution is -0.138. The Balaban J connectivity index is 1.94. The molecule has 0 aromatic heterocycles. The van der Waals surface area contributed by atoms with E-state index in [1.807, 2.05) is 51.1 Å². The fourth-order valence-electron chi connectivity index (χ4n) is 4.20. The first-order valence-electron chi connectivity index (χ1n) is 11.2. The van der Waals surface area contributed by atoms with Crippen molar-refractivity contribution in [2.75, 3.05) is 26.2 Å². The minimum Gasteiger partial charge on any atom is -0.497 e. The molecule has 37 heavy (non-hydrogen) atoms. The van der Waals surface area contributed by atoms with Gasteiger partial charge in [0, 0.05) is 16.7 Å². The van der Waals surface area contributed by atoms with Crippen LogP contribution in [0.2, 0.25) is 0 Å². The molecule has 0 radical (unpaired) electrons. The summed E-state index contributed by atoms with van der Waals surface area (Å²) in [5.74, 6) is -0.903. The van der Waals surface area contributed by atoms with Gasteiger partial charge in [-0.05, 0) is 51.1 Å². The summed E-state index contributed by atoms with van der Waals surface area (Å²) in [4.78, 5) is 41.3. The van der Waals surface area contributed by atoms with E-state index in [0.29, 0.717) is 37.2 Å². The Labute approximate surface area is 229 Å². The Morgan fingerprint density at radius 1 is 0.919 bits per heavy atom. The van der Waals surface area contributed by atoms with Gasteiger partial charge in [-0.1, -0.05) is 53.4 Å². The number of aryl methyl sites for hydroxylation is 1. The summed E-state index contributed by atoms with van der Waals surface area (Å²) in [7, 11) is 4.06. The number of ether oxygens (including phenoxy) is 3. The number of rotatable bonds is 4. The quantitative estimate of drug-likeness (QED) is 0.275. The highest BCUT2D eigenvalue weighted by Gasteiger charge is 2.46. The van der Waals surface area contributed by atoms with Crippen LogP contribution < -0.4 is 9.64 Å². The van der Waals surface area contributed by atoms with Crippen LogP contribution in [0.1, 0.15) is 35.3 Å². The van der Waals surface area contributed by atoms with Gasteiger partial charge in [-0.15, -0.1) is 0 Å². The van der Waals surface area contributed by atoms with Crippen LogP contribution >= 0.6 is 35.7 Å². The molecule has 7 nitrogen and oxygen atoms in total. The maximum Gasteiger partial charge on any atom is 0.346 e. The zero-order valence-electron chi connectivity index (χ0n) is 21.2. The van der Waals surface area contributed by atoms with Crippen molar-refractivity contribution in [3.05, 3.63) is 73.2 Å². The van der Waals surface area contributed by atoms with Crippen LogP contribution in [0.15, 0.2) is 56.5 Å². The number of thioether (sulfide) groups is 2. The third-order valence-electron chi connectivity index (χ3n) is 6.07. The van der Waals surface area contributed by atoms with Crippen LogP contribution in [0, 0.1) is 6.92 Å². The lowest BCUT2D eigenvalue weighted by Crippen LogP contribution is -2.56. The van der Waals surface area contributed by atoms with Gasteiger partial charge < -0.3 is 14.2 Å². The second-order valence-corrected chi connectivity index (χ2v) is 11.5. The van der Waals surface area contributed by atoms with E-state index in [1.54, 1.807) is 24.1 Å². The Bertz CT molecular complexity index is 1380. The molecule has 1 amide bonds. The van der Waals surface area contributed by atoms with Gasteiger partial charge in [0.25, 0.3) is 5.91 Å². The first-order chi connectivity index (χ1) is 17.5. The van der Waals surface area contributed by atoms with Gasteiger partial charge in [-0.25, -0.2) is 9.59 Å². The number of amides is 1. The molecule has 0 bridgehead atoms. The maximum absolute atomic E-state index is 13.9. The lowest BCUT2D eigenvalue weighted by atomic mass is 9.82. The van der Waals surface area contributed by atoms with Gasteiger partial charge in [-0.2, -0.15) is 0 Å². The van der Waals surface area contributed by atoms with E-state index < -0.39 is 17.5 Å². The highest BCUT2D eigenvalue weighted by molar-refractivity contribution is 8.29. The fraction of sp³-hybridized carbons (Fsp3) is 0.259. The minimum absolute atomic E-state index is 0.130. The normalized spacial score (nSPS) is 16.5. The average Bonchev–Trinajstić information content (AvgIpc) is 3.33. The molecule has 0 N–H and O–H groups in total. The number of anilines is 1. The van der Waals surface area contributed by atoms with Gasteiger partial charge in [0.15, 0.2) is 0 Å². The monoisotopic (exact) mass is 555 g/mol. The Morgan fingerprint density at radius 2 is 1.54 bits per heavy atom. The molecule has 2 aliphatic rings. The molecule has 2 aromatic carbocycles. The third-order valence-corrected chi connectivity index (χ3v) is 9.33. The largest absolute Gasteiger partial charge is 0.497 e. The fourth-order valence-corrected chi connectivity index (χ4v) is 7.23. The molecule has 2 aliphatic heterocycles. The first-order valence-corrected chi connectivity index (χ1v) is 13.2. The van der Waals surface area contributed by atoms with Crippen molar-refractivity contribution in [2.45, 2.75) is 26.3 Å². The lowest BCUT2D eigenvalue weighted by Gasteiger charge is -2.45. The topological polar surface area (TPSA) is 82.1 Å². The third kappa shape index (κ3) is 4.69. The maximum atomic E-state index is 13.9. The number of hydrogen-bond donors (Lipinski definition) is 0. The predicted molar refractivity (Wildman–Crippen MR) is 151 cm³/mol. The van der Waals surface area contributed by atoms with Crippen LogP contribution in [0.25, 0.3) is 5.57 Å². The summed E-state index contributed by atoms with van der Waals surface area (Å²) >= 11 is 8.24. The summed E-state index contributed by atoms with van der Waals surface area (Å²) < 4.78 is 15.9. The van der Waals surface area contributed by atoms with Crippen molar-refractivity contribution in [2.24, 2.45) is 0 Å². The van der Waals surface area contributed by atoms with Gasteiger partial charge in [0.1, 0.15) is 15.6 Å². The SMILES string of the molecule is COC(=O)C1=C(C(=O)OC)SC(=C2C(=S)C(C)(C)N(C(=O)c3cccc(C)c3)c3ccc(OC)cc32)S1. The van der Waals surface area contributed by atoms with Crippen LogP contribution in [0.3, 0.4) is 0 Å². The Morgan fingerprint density at radius 3 is 2.08 bits per heavy atom. The molecule has 0 fully saturated rings. The zero-order chi connectivity index (χ0) is 27.1. The molecule has 0 aliphatic carbocycles. The summed E-state index contributed by atoms with van der Waals surface area (Å²) in [5.41, 5.74) is 2.55. The van der Waals surface area contributed by atoms with E-state index in [2.05, 4.69) is 0 Å². The van der Waals surface area contributed by atoms with E-state index in [-0.39, 0.29) is 15.7 Å². The molecule has 0 spiro atoms. The molecule has 10 heteroatoms. The number of esters is 2. The van der Waals surface area contributed by atoms with E-state index in [0.717, 1.165) is 29.1 Å². The molecule has 0 atom stereocenters. The summed E-state index contributed by atoms with van der Waals surface area (Å²) in [6.07, 6.45) is 0. The highest BCUT2D eigenvalue weighted by Crippen LogP contribution is 2.56. The van der Waals surface area contributed by atoms with Crippen LogP contribution in [-0.2, 0) is 19.1 Å². The van der Waals surface area contributed by atoms with E-state index >= 15 is 0 Å². The Hall–Kier alpha value is -3.08. The second-order valence-electron chi connectivity index (χ2n) is 8.79. The van der Waals surface area contributed by atoms with E-state index in [4.69, 9.17) is 26.4 Å². The number of fused-ring (bicyclic) bond motifs is 1. The summed E-state index contributed by atoms with van der Waals surface area (Å²) in [6.45, 7) is 5.71. The van der Waals surface area contributed by atoms with E-state index in [1.165, 1.54) is 14.2 Å². The highest BCUT2D eigenvalue weighted by atomic mass is 32.2. The molecule has 0 saturated carbocycles. The standard InChI is InChI=1S/C27H25NO6S3/c1-14-8-7-9-15(12-14)23(29)28-18-11-10-16(32-4)13-17(18)19(22(35)27(28,2)3)26-36-20(24(30)33-5)21(37-26)25(31)34-6/h7-13H,1-6H3. The second kappa shape index (κ2) is 10.4. The molecule has 0 unspecified atom stereocenters. The molecule has 192 valence electrons. The van der Waals surface area contributed by atoms with Gasteiger partial charge in [0.05, 0.1) is 41.7 Å². The van der Waals surface area contributed by atoms with Crippen molar-refractivity contribution < 1.29 is 28.6 Å². The molecule has 2 aromatic rings. The van der Waals surface area contributed by atoms with Gasteiger partial charge in [-0.3, -0.25) is 9.69 Å². The van der Waals surface area contributed by atoms with Crippen molar-refractivity contribution in [3.63, 3.8) is 0 Å². The van der Waals surface area contributed by atoms with Crippen molar-refractivity contribution in [3.8, 4) is 5.75 Å². The molecular weight excluding hydrogens is 530 g/mol. The number of carbonyl (C=O) groups is 3. The molecule has 0 saturated heterocycles. The number of thiocarbonyl (C=S) groups is 1. The number of methoxy groups -OCH3 is 3. The van der Waals surface area contributed by atoms with Crippen molar-refractivity contribution in [1.82, 2.24) is 0 Å². The number of carbonyl (C=O) groups excluding carboxylic acids is 3. The number of benzene rings is 2. The van der Waals surface area contributed by atoms with Crippen molar-refractivity contribution in [1.29, 1.82) is 0 Å². The average molecular weight is 556 g/mol. The predicted octanol–water partition coefficient (Wildman–Crippen LogP) is 5.52. The zero-order valence-corrected chi connectivity index (χ0v) is 23.6. The van der Waals surface area contributed by atoms with E-state index in [9.17, 15) is 14.4 Å². The minimum atomic E-state index is -0.916.